The molecule has 0 aliphatic carbocycles. The Bertz CT molecular complexity index is 728. The fourth-order valence-corrected chi connectivity index (χ4v) is 2.56. The van der Waals surface area contributed by atoms with Gasteiger partial charge in [-0.2, -0.15) is 0 Å². The van der Waals surface area contributed by atoms with Crippen LogP contribution in [0.25, 0.3) is 0 Å². The number of aliphatic carboxylic acids is 1. The topological polar surface area (TPSA) is 88.4 Å². The van der Waals surface area contributed by atoms with Crippen LogP contribution in [0.4, 0.5) is 5.69 Å². The van der Waals surface area contributed by atoms with Crippen LogP contribution in [0.2, 0.25) is 0 Å². The number of carboxylic acid groups (broad SMARTS) is 1. The van der Waals surface area contributed by atoms with E-state index in [0.29, 0.717) is 17.2 Å². The van der Waals surface area contributed by atoms with E-state index >= 15 is 0 Å². The molecular formula is C16H14INO5. The Morgan fingerprint density at radius 3 is 2.61 bits per heavy atom. The molecule has 0 bridgehead atoms. The standard InChI is InChI=1S/C16H14INO5/c1-22-14-7-10(6-13(17)16(14)23-9-15(20)21)8-18-11-2-4-12(19)5-3-11/h2-8,19H,9H2,1H3,(H,20,21). The van der Waals surface area contributed by atoms with Crippen LogP contribution in [0.15, 0.2) is 41.4 Å². The highest BCUT2D eigenvalue weighted by Gasteiger charge is 2.12. The highest BCUT2D eigenvalue weighted by atomic mass is 127. The third-order valence-corrected chi connectivity index (χ3v) is 3.61. The molecule has 0 aromatic heterocycles. The number of ether oxygens (including phenoxy) is 2. The monoisotopic (exact) mass is 427 g/mol. The van der Waals surface area contributed by atoms with Gasteiger partial charge in [-0.1, -0.05) is 0 Å². The third kappa shape index (κ3) is 4.85. The van der Waals surface area contributed by atoms with Crippen LogP contribution in [0.5, 0.6) is 17.2 Å². The molecule has 2 N–H and O–H groups in total. The van der Waals surface area contributed by atoms with E-state index in [1.807, 2.05) is 28.7 Å². The van der Waals surface area contributed by atoms with Gasteiger partial charge in [0.1, 0.15) is 5.75 Å². The van der Waals surface area contributed by atoms with E-state index in [-0.39, 0.29) is 5.75 Å². The fraction of sp³-hybridized carbons (Fsp3) is 0.125. The van der Waals surface area contributed by atoms with E-state index in [0.717, 1.165) is 9.13 Å². The van der Waals surface area contributed by atoms with E-state index < -0.39 is 12.6 Å². The minimum Gasteiger partial charge on any atom is -0.508 e. The minimum atomic E-state index is -1.05. The van der Waals surface area contributed by atoms with E-state index in [1.165, 1.54) is 7.11 Å². The van der Waals surface area contributed by atoms with Crippen LogP contribution in [0.3, 0.4) is 0 Å². The van der Waals surface area contributed by atoms with Gasteiger partial charge in [0.25, 0.3) is 0 Å². The zero-order valence-electron chi connectivity index (χ0n) is 12.2. The number of carbonyl (C=O) groups is 1. The number of phenolic OH excluding ortho intramolecular Hbond substituents is 1. The van der Waals surface area contributed by atoms with Crippen molar-refractivity contribution in [1.29, 1.82) is 0 Å². The van der Waals surface area contributed by atoms with Crippen LogP contribution < -0.4 is 9.47 Å². The van der Waals surface area contributed by atoms with Gasteiger partial charge in [0.05, 0.1) is 16.4 Å². The molecule has 2 aromatic rings. The molecule has 0 saturated carbocycles. The van der Waals surface area contributed by atoms with Gasteiger partial charge in [-0.3, -0.25) is 4.99 Å². The van der Waals surface area contributed by atoms with Crippen molar-refractivity contribution in [3.63, 3.8) is 0 Å². The van der Waals surface area contributed by atoms with Crippen LogP contribution in [0, 0.1) is 3.57 Å². The quantitative estimate of drug-likeness (QED) is 0.546. The molecule has 0 aliphatic heterocycles. The molecule has 0 heterocycles. The first-order chi connectivity index (χ1) is 11.0. The Labute approximate surface area is 146 Å². The second kappa shape index (κ2) is 7.82. The molecule has 0 unspecified atom stereocenters. The maximum absolute atomic E-state index is 10.6. The number of aromatic hydroxyl groups is 1. The molecule has 2 aromatic carbocycles. The normalized spacial score (nSPS) is 10.7. The summed E-state index contributed by atoms with van der Waals surface area (Å²) in [4.78, 5) is 14.9. The first-order valence-electron chi connectivity index (χ1n) is 6.55. The van der Waals surface area contributed by atoms with Crippen LogP contribution >= 0.6 is 22.6 Å². The summed E-state index contributed by atoms with van der Waals surface area (Å²) in [5.74, 6) is -0.0523. The zero-order valence-corrected chi connectivity index (χ0v) is 14.4. The zero-order chi connectivity index (χ0) is 16.8. The summed E-state index contributed by atoms with van der Waals surface area (Å²) in [5.41, 5.74) is 1.48. The fourth-order valence-electron chi connectivity index (χ4n) is 1.78. The summed E-state index contributed by atoms with van der Waals surface area (Å²) in [6.07, 6.45) is 1.65. The number of aliphatic imine (C=N–C) groups is 1. The predicted octanol–water partition coefficient (Wildman–Crippen LogP) is 3.22. The van der Waals surface area contributed by atoms with Crippen molar-refractivity contribution in [3.05, 3.63) is 45.5 Å². The number of halogens is 1. The average Bonchev–Trinajstić information content (AvgIpc) is 2.52. The summed E-state index contributed by atoms with van der Waals surface area (Å²) in [7, 11) is 1.49. The van der Waals surface area contributed by atoms with Gasteiger partial charge in [0, 0.05) is 6.21 Å². The van der Waals surface area contributed by atoms with Gasteiger partial charge in [0.2, 0.25) is 0 Å². The van der Waals surface area contributed by atoms with Gasteiger partial charge in [-0.15, -0.1) is 0 Å². The average molecular weight is 427 g/mol. The summed E-state index contributed by atoms with van der Waals surface area (Å²) < 4.78 is 11.2. The number of benzene rings is 2. The smallest absolute Gasteiger partial charge is 0.341 e. The van der Waals surface area contributed by atoms with Gasteiger partial charge in [0.15, 0.2) is 18.1 Å². The second-order valence-electron chi connectivity index (χ2n) is 4.49. The number of hydrogen-bond acceptors (Lipinski definition) is 5. The Morgan fingerprint density at radius 2 is 2.00 bits per heavy atom. The lowest BCUT2D eigenvalue weighted by Gasteiger charge is -2.12. The minimum absolute atomic E-state index is 0.181. The summed E-state index contributed by atoms with van der Waals surface area (Å²) >= 11 is 2.05. The number of carboxylic acids is 1. The molecule has 6 nitrogen and oxygen atoms in total. The maximum atomic E-state index is 10.6. The first-order valence-corrected chi connectivity index (χ1v) is 7.62. The first kappa shape index (κ1) is 17.1. The van der Waals surface area contributed by atoms with Crippen LogP contribution in [-0.2, 0) is 4.79 Å². The Kier molecular flexibility index (Phi) is 5.80. The summed E-state index contributed by atoms with van der Waals surface area (Å²) in [6.45, 7) is -0.437. The van der Waals surface area contributed by atoms with Crippen molar-refractivity contribution >= 4 is 40.5 Å². The maximum Gasteiger partial charge on any atom is 0.341 e. The largest absolute Gasteiger partial charge is 0.508 e. The van der Waals surface area contributed by atoms with E-state index in [1.54, 1.807) is 36.5 Å². The number of phenols is 1. The Balaban J connectivity index is 2.24. The van der Waals surface area contributed by atoms with Gasteiger partial charge < -0.3 is 19.7 Å². The molecular weight excluding hydrogens is 413 g/mol. The third-order valence-electron chi connectivity index (χ3n) is 2.80. The van der Waals surface area contributed by atoms with Crippen molar-refractivity contribution < 1.29 is 24.5 Å². The van der Waals surface area contributed by atoms with E-state index in [9.17, 15) is 9.90 Å². The lowest BCUT2D eigenvalue weighted by Crippen LogP contribution is -2.11. The summed E-state index contributed by atoms with van der Waals surface area (Å²) in [6, 6.07) is 10.0. The summed E-state index contributed by atoms with van der Waals surface area (Å²) in [5, 5.41) is 17.9. The lowest BCUT2D eigenvalue weighted by atomic mass is 10.2. The molecule has 23 heavy (non-hydrogen) atoms. The van der Waals surface area contributed by atoms with Gasteiger partial charge >= 0.3 is 5.97 Å². The van der Waals surface area contributed by atoms with Gasteiger partial charge in [-0.05, 0) is 64.6 Å². The molecule has 120 valence electrons. The van der Waals surface area contributed by atoms with Crippen molar-refractivity contribution in [2.45, 2.75) is 0 Å². The number of rotatable bonds is 6. The number of hydrogen-bond donors (Lipinski definition) is 2. The van der Waals surface area contributed by atoms with E-state index in [2.05, 4.69) is 4.99 Å². The molecule has 0 fully saturated rings. The van der Waals surface area contributed by atoms with Gasteiger partial charge in [-0.25, -0.2) is 4.79 Å². The second-order valence-corrected chi connectivity index (χ2v) is 5.65. The molecule has 7 heteroatoms. The Morgan fingerprint density at radius 1 is 1.30 bits per heavy atom. The number of methoxy groups -OCH3 is 1. The van der Waals surface area contributed by atoms with Crippen LogP contribution in [0.1, 0.15) is 5.56 Å². The molecule has 0 amide bonds. The highest BCUT2D eigenvalue weighted by molar-refractivity contribution is 14.1. The molecule has 0 saturated heterocycles. The molecule has 0 spiro atoms. The van der Waals surface area contributed by atoms with Crippen molar-refractivity contribution in [1.82, 2.24) is 0 Å². The van der Waals surface area contributed by atoms with E-state index in [4.69, 9.17) is 14.6 Å². The molecule has 2 rings (SSSR count). The lowest BCUT2D eigenvalue weighted by molar-refractivity contribution is -0.139. The number of nitrogens with zero attached hydrogens (tertiary/aromatic N) is 1. The van der Waals surface area contributed by atoms with Crippen molar-refractivity contribution in [2.75, 3.05) is 13.7 Å². The molecule has 0 radical (unpaired) electrons. The Hall–Kier alpha value is -2.29. The highest BCUT2D eigenvalue weighted by Crippen LogP contribution is 2.33. The van der Waals surface area contributed by atoms with Crippen molar-refractivity contribution in [3.8, 4) is 17.2 Å². The van der Waals surface area contributed by atoms with Crippen LogP contribution in [-0.4, -0.2) is 36.1 Å². The molecule has 0 atom stereocenters. The van der Waals surface area contributed by atoms with Crippen molar-refractivity contribution in [2.24, 2.45) is 4.99 Å². The SMILES string of the molecule is COc1cc(C=Nc2ccc(O)cc2)cc(I)c1OCC(=O)O. The predicted molar refractivity (Wildman–Crippen MR) is 94.2 cm³/mol. The molecule has 0 aliphatic rings.